The van der Waals surface area contributed by atoms with Crippen molar-refractivity contribution in [2.75, 3.05) is 46.5 Å². The van der Waals surface area contributed by atoms with Crippen molar-refractivity contribution in [2.24, 2.45) is 16.8 Å². The first-order chi connectivity index (χ1) is 12.3. The number of guanidine groups is 1. The van der Waals surface area contributed by atoms with Crippen LogP contribution >= 0.6 is 0 Å². The topological polar surface area (TPSA) is 46.1 Å². The first-order valence-electron chi connectivity index (χ1n) is 9.51. The molecule has 0 radical (unpaired) electrons. The largest absolute Gasteiger partial charge is 0.381 e. The lowest BCUT2D eigenvalue weighted by Gasteiger charge is -2.25. The summed E-state index contributed by atoms with van der Waals surface area (Å²) in [7, 11) is 2.12. The van der Waals surface area contributed by atoms with Crippen LogP contribution < -0.4 is 5.32 Å². The summed E-state index contributed by atoms with van der Waals surface area (Å²) in [5.74, 6) is 2.05. The van der Waals surface area contributed by atoms with Gasteiger partial charge in [0.15, 0.2) is 5.96 Å². The van der Waals surface area contributed by atoms with Gasteiger partial charge in [0.1, 0.15) is 0 Å². The van der Waals surface area contributed by atoms with Gasteiger partial charge in [0.25, 0.3) is 0 Å². The van der Waals surface area contributed by atoms with Gasteiger partial charge in [-0.3, -0.25) is 4.99 Å². The Morgan fingerprint density at radius 3 is 2.80 bits per heavy atom. The van der Waals surface area contributed by atoms with Crippen molar-refractivity contribution in [3.63, 3.8) is 0 Å². The molecule has 0 aromatic heterocycles. The van der Waals surface area contributed by atoms with E-state index in [0.29, 0.717) is 11.8 Å². The maximum absolute atomic E-state index is 5.99. The molecule has 1 N–H and O–H groups in total. The predicted molar refractivity (Wildman–Crippen MR) is 101 cm³/mol. The van der Waals surface area contributed by atoms with E-state index in [2.05, 4.69) is 54.5 Å². The average Bonchev–Trinajstić information content (AvgIpc) is 3.31. The molecule has 25 heavy (non-hydrogen) atoms. The molecule has 3 atom stereocenters. The normalized spacial score (nSPS) is 26.8. The summed E-state index contributed by atoms with van der Waals surface area (Å²) in [6.07, 6.45) is 2.39. The van der Waals surface area contributed by atoms with Crippen LogP contribution in [0.25, 0.3) is 0 Å². The third-order valence-electron chi connectivity index (χ3n) is 5.07. The van der Waals surface area contributed by atoms with Gasteiger partial charge in [-0.25, -0.2) is 0 Å². The van der Waals surface area contributed by atoms with Gasteiger partial charge in [0.05, 0.1) is 12.7 Å². The van der Waals surface area contributed by atoms with Crippen molar-refractivity contribution in [3.05, 3.63) is 35.9 Å². The molecule has 0 bridgehead atoms. The monoisotopic (exact) mass is 345 g/mol. The molecule has 0 spiro atoms. The predicted octanol–water partition coefficient (Wildman–Crippen LogP) is 2.70. The second kappa shape index (κ2) is 9.20. The molecular weight excluding hydrogens is 314 g/mol. The van der Waals surface area contributed by atoms with E-state index >= 15 is 0 Å². The highest BCUT2D eigenvalue weighted by Gasteiger charge is 2.29. The van der Waals surface area contributed by atoms with Crippen molar-refractivity contribution < 1.29 is 9.47 Å². The number of nitrogens with one attached hydrogen (secondary N) is 1. The standard InChI is InChI=1S/C20H31N3O2/c1-3-21-20(23(2)14-16-9-11-24-15-16)22-13-18-10-12-25-19(18)17-7-5-4-6-8-17/h4-8,16,18-19H,3,9-15H2,1-2H3,(H,21,22). The van der Waals surface area contributed by atoms with Crippen LogP contribution in [-0.4, -0.2) is 57.4 Å². The fourth-order valence-electron chi connectivity index (χ4n) is 3.71. The molecule has 3 rings (SSSR count). The Kier molecular flexibility index (Phi) is 6.70. The molecule has 2 fully saturated rings. The molecule has 1 aromatic carbocycles. The Morgan fingerprint density at radius 2 is 2.08 bits per heavy atom. The molecule has 5 heteroatoms. The minimum Gasteiger partial charge on any atom is -0.381 e. The van der Waals surface area contributed by atoms with Gasteiger partial charge >= 0.3 is 0 Å². The van der Waals surface area contributed by atoms with Crippen LogP contribution in [0.15, 0.2) is 35.3 Å². The quantitative estimate of drug-likeness (QED) is 0.636. The number of ether oxygens (including phenoxy) is 2. The van der Waals surface area contributed by atoms with Gasteiger partial charge in [0, 0.05) is 51.7 Å². The Hall–Kier alpha value is -1.59. The molecule has 5 nitrogen and oxygen atoms in total. The van der Waals surface area contributed by atoms with Gasteiger partial charge in [-0.1, -0.05) is 30.3 Å². The van der Waals surface area contributed by atoms with E-state index in [0.717, 1.165) is 58.3 Å². The lowest BCUT2D eigenvalue weighted by molar-refractivity contribution is 0.0925. The van der Waals surface area contributed by atoms with E-state index in [1.54, 1.807) is 0 Å². The van der Waals surface area contributed by atoms with E-state index < -0.39 is 0 Å². The van der Waals surface area contributed by atoms with Gasteiger partial charge < -0.3 is 19.7 Å². The van der Waals surface area contributed by atoms with Gasteiger partial charge in [0.2, 0.25) is 0 Å². The number of aliphatic imine (C=N–C) groups is 1. The molecule has 2 saturated heterocycles. The van der Waals surface area contributed by atoms with Crippen LogP contribution in [0.4, 0.5) is 0 Å². The summed E-state index contributed by atoms with van der Waals surface area (Å²) < 4.78 is 11.5. The summed E-state index contributed by atoms with van der Waals surface area (Å²) in [5.41, 5.74) is 1.27. The maximum atomic E-state index is 5.99. The van der Waals surface area contributed by atoms with Crippen LogP contribution in [0, 0.1) is 11.8 Å². The highest BCUT2D eigenvalue weighted by molar-refractivity contribution is 5.79. The highest BCUT2D eigenvalue weighted by atomic mass is 16.5. The number of hydrogen-bond acceptors (Lipinski definition) is 3. The average molecular weight is 345 g/mol. The molecule has 2 heterocycles. The van der Waals surface area contributed by atoms with E-state index in [1.807, 2.05) is 0 Å². The summed E-state index contributed by atoms with van der Waals surface area (Å²) in [6, 6.07) is 10.5. The first kappa shape index (κ1) is 18.2. The number of rotatable bonds is 6. The SMILES string of the molecule is CCNC(=NCC1CCOC1c1ccccc1)N(C)CC1CCOC1. The zero-order chi connectivity index (χ0) is 17.5. The second-order valence-corrected chi connectivity index (χ2v) is 7.06. The van der Waals surface area contributed by atoms with Crippen LogP contribution in [0.3, 0.4) is 0 Å². The fraction of sp³-hybridized carbons (Fsp3) is 0.650. The number of benzene rings is 1. The number of hydrogen-bond donors (Lipinski definition) is 1. The van der Waals surface area contributed by atoms with Crippen molar-refractivity contribution in [3.8, 4) is 0 Å². The zero-order valence-corrected chi connectivity index (χ0v) is 15.5. The zero-order valence-electron chi connectivity index (χ0n) is 15.5. The lowest BCUT2D eigenvalue weighted by Crippen LogP contribution is -2.41. The third-order valence-corrected chi connectivity index (χ3v) is 5.07. The van der Waals surface area contributed by atoms with Crippen LogP contribution in [0.1, 0.15) is 31.4 Å². The molecule has 138 valence electrons. The molecule has 0 saturated carbocycles. The molecule has 0 aliphatic carbocycles. The molecular formula is C20H31N3O2. The van der Waals surface area contributed by atoms with E-state index in [9.17, 15) is 0 Å². The molecule has 1 aromatic rings. The summed E-state index contributed by atoms with van der Waals surface area (Å²) >= 11 is 0. The minimum absolute atomic E-state index is 0.168. The minimum atomic E-state index is 0.168. The Balaban J connectivity index is 1.61. The molecule has 2 aliphatic rings. The van der Waals surface area contributed by atoms with E-state index in [4.69, 9.17) is 14.5 Å². The van der Waals surface area contributed by atoms with Crippen molar-refractivity contribution in [1.29, 1.82) is 0 Å². The number of nitrogens with zero attached hydrogens (tertiary/aromatic N) is 2. The second-order valence-electron chi connectivity index (χ2n) is 7.06. The maximum Gasteiger partial charge on any atom is 0.193 e. The molecule has 2 aliphatic heterocycles. The van der Waals surface area contributed by atoms with Crippen molar-refractivity contribution in [2.45, 2.75) is 25.9 Å². The Bertz CT molecular complexity index is 543. The molecule has 0 amide bonds. The smallest absolute Gasteiger partial charge is 0.193 e. The Morgan fingerprint density at radius 1 is 1.24 bits per heavy atom. The summed E-state index contributed by atoms with van der Waals surface area (Å²) in [5, 5.41) is 3.43. The Labute approximate surface area is 151 Å². The third kappa shape index (κ3) is 4.95. The van der Waals surface area contributed by atoms with E-state index in [1.165, 1.54) is 5.56 Å². The van der Waals surface area contributed by atoms with Crippen LogP contribution in [0.5, 0.6) is 0 Å². The van der Waals surface area contributed by atoms with E-state index in [-0.39, 0.29) is 6.10 Å². The fourth-order valence-corrected chi connectivity index (χ4v) is 3.71. The lowest BCUT2D eigenvalue weighted by atomic mass is 9.95. The first-order valence-corrected chi connectivity index (χ1v) is 9.51. The van der Waals surface area contributed by atoms with Crippen molar-refractivity contribution in [1.82, 2.24) is 10.2 Å². The molecule has 3 unspecified atom stereocenters. The van der Waals surface area contributed by atoms with Gasteiger partial charge in [-0.2, -0.15) is 0 Å². The van der Waals surface area contributed by atoms with Gasteiger partial charge in [-0.15, -0.1) is 0 Å². The van der Waals surface area contributed by atoms with Crippen LogP contribution in [0.2, 0.25) is 0 Å². The van der Waals surface area contributed by atoms with Crippen molar-refractivity contribution >= 4 is 5.96 Å². The van der Waals surface area contributed by atoms with Crippen LogP contribution in [-0.2, 0) is 9.47 Å². The summed E-state index contributed by atoms with van der Waals surface area (Å²) in [4.78, 5) is 7.17. The highest BCUT2D eigenvalue weighted by Crippen LogP contribution is 2.34. The van der Waals surface area contributed by atoms with Gasteiger partial charge in [-0.05, 0) is 25.3 Å². The summed E-state index contributed by atoms with van der Waals surface area (Å²) in [6.45, 7) is 7.38.